The molecule has 15 heteroatoms. The molecule has 0 saturated carbocycles. The van der Waals surface area contributed by atoms with Crippen LogP contribution < -0.4 is 14.8 Å². The molecule has 2 amide bonds. The third kappa shape index (κ3) is 7.58. The summed E-state index contributed by atoms with van der Waals surface area (Å²) in [4.78, 5) is 24.3. The van der Waals surface area contributed by atoms with Gasteiger partial charge in [-0.05, 0) is 32.9 Å². The molecule has 0 radical (unpaired) electrons. The molecule has 1 aromatic carbocycles. The fourth-order valence-corrected chi connectivity index (χ4v) is 3.64. The Kier molecular flexibility index (Phi) is 9.16. The number of benzene rings is 1. The number of hydrogen-bond donors (Lipinski definition) is 2. The number of anilines is 1. The zero-order valence-electron chi connectivity index (χ0n) is 18.8. The normalized spacial score (nSPS) is 11.5. The highest BCUT2D eigenvalue weighted by atomic mass is 35.5. The summed E-state index contributed by atoms with van der Waals surface area (Å²) in [6, 6.07) is 2.21. The number of urea groups is 1. The maximum atomic E-state index is 13.1. The van der Waals surface area contributed by atoms with Crippen LogP contribution in [0.3, 0.4) is 0 Å². The zero-order chi connectivity index (χ0) is 26.6. The van der Waals surface area contributed by atoms with E-state index in [-0.39, 0.29) is 35.9 Å². The van der Waals surface area contributed by atoms with Gasteiger partial charge >= 0.3 is 18.2 Å². The lowest BCUT2D eigenvalue weighted by Crippen LogP contribution is -2.33. The van der Waals surface area contributed by atoms with Crippen LogP contribution in [-0.4, -0.2) is 40.2 Å². The van der Waals surface area contributed by atoms with Crippen molar-refractivity contribution in [2.24, 2.45) is 0 Å². The van der Waals surface area contributed by atoms with Gasteiger partial charge < -0.3 is 14.2 Å². The lowest BCUT2D eigenvalue weighted by Gasteiger charge is -2.19. The van der Waals surface area contributed by atoms with Gasteiger partial charge in [0, 0.05) is 12.8 Å². The number of nitrogens with zero attached hydrogens (tertiary/aromatic N) is 3. The molecule has 9 nitrogen and oxygen atoms in total. The van der Waals surface area contributed by atoms with E-state index in [1.165, 1.54) is 6.26 Å². The highest BCUT2D eigenvalue weighted by Crippen LogP contribution is 2.41. The fourth-order valence-electron chi connectivity index (χ4n) is 2.66. The largest absolute Gasteiger partial charge is 0.460 e. The number of esters is 1. The van der Waals surface area contributed by atoms with Crippen LogP contribution in [-0.2, 0) is 15.7 Å². The van der Waals surface area contributed by atoms with Crippen molar-refractivity contribution in [2.75, 3.05) is 18.1 Å². The van der Waals surface area contributed by atoms with Crippen LogP contribution in [0.25, 0.3) is 5.69 Å². The van der Waals surface area contributed by atoms with Crippen molar-refractivity contribution >= 4 is 53.1 Å². The molecule has 0 spiro atoms. The van der Waals surface area contributed by atoms with Crippen LogP contribution >= 0.6 is 35.2 Å². The van der Waals surface area contributed by atoms with Crippen LogP contribution in [0.2, 0.25) is 10.0 Å². The molecule has 0 atom stereocenters. The first kappa shape index (κ1) is 28.4. The van der Waals surface area contributed by atoms with E-state index in [1.807, 2.05) is 0 Å². The average Bonchev–Trinajstić information content (AvgIpc) is 3.02. The van der Waals surface area contributed by atoms with Gasteiger partial charge in [-0.3, -0.25) is 10.1 Å². The Morgan fingerprint density at radius 3 is 2.31 bits per heavy atom. The van der Waals surface area contributed by atoms with Crippen molar-refractivity contribution in [1.29, 1.82) is 5.26 Å². The van der Waals surface area contributed by atoms with Crippen molar-refractivity contribution < 1.29 is 31.7 Å². The first-order chi connectivity index (χ1) is 16.2. The molecule has 2 rings (SSSR count). The number of carbonyl (C=O) groups is 2. The van der Waals surface area contributed by atoms with E-state index < -0.39 is 39.4 Å². The number of ether oxygens (including phenoxy) is 1. The zero-order valence-corrected chi connectivity index (χ0v) is 21.2. The number of hydrogen-bond acceptors (Lipinski definition) is 7. The summed E-state index contributed by atoms with van der Waals surface area (Å²) in [5.41, 5.74) is -2.31. The Bertz CT molecular complexity index is 1140. The first-order valence-corrected chi connectivity index (χ1v) is 11.7. The lowest BCUT2D eigenvalue weighted by atomic mass is 10.2. The van der Waals surface area contributed by atoms with E-state index in [1.54, 1.807) is 26.8 Å². The summed E-state index contributed by atoms with van der Waals surface area (Å²) < 4.78 is 50.7. The minimum Gasteiger partial charge on any atom is -0.460 e. The molecule has 0 unspecified atom stereocenters. The van der Waals surface area contributed by atoms with Gasteiger partial charge in [-0.1, -0.05) is 23.2 Å². The van der Waals surface area contributed by atoms with E-state index >= 15 is 0 Å². The third-order valence-electron chi connectivity index (χ3n) is 3.94. The smallest absolute Gasteiger partial charge is 0.416 e. The Hall–Kier alpha value is -2.82. The van der Waals surface area contributed by atoms with Gasteiger partial charge in [0.05, 0.1) is 34.1 Å². The van der Waals surface area contributed by atoms with E-state index in [9.17, 15) is 28.0 Å². The standard InChI is InChI=1S/C20H20Cl2F3N5O4S/c1-19(2,3)33-14(31)5-6-27-18(32)28-17-16(34-35-4)13(9-26)29-30(17)15-11(21)7-10(8-12(15)22)20(23,24)25/h7-8H,5-6H2,1-4H3,(H2,27,28,32). The quantitative estimate of drug-likeness (QED) is 0.339. The molecule has 0 bridgehead atoms. The molecule has 0 saturated heterocycles. The summed E-state index contributed by atoms with van der Waals surface area (Å²) >= 11 is 13.0. The minimum atomic E-state index is -4.71. The number of nitrogens with one attached hydrogen (secondary N) is 2. The van der Waals surface area contributed by atoms with Gasteiger partial charge in [0.2, 0.25) is 11.4 Å². The summed E-state index contributed by atoms with van der Waals surface area (Å²) in [6.45, 7) is 5.00. The molecule has 0 aliphatic carbocycles. The van der Waals surface area contributed by atoms with Gasteiger partial charge in [0.15, 0.2) is 5.82 Å². The second kappa shape index (κ2) is 11.3. The number of nitriles is 1. The van der Waals surface area contributed by atoms with Crippen molar-refractivity contribution in [3.63, 3.8) is 0 Å². The van der Waals surface area contributed by atoms with E-state index in [4.69, 9.17) is 32.1 Å². The Balaban J connectivity index is 2.39. The minimum absolute atomic E-state index is 0.0967. The summed E-state index contributed by atoms with van der Waals surface area (Å²) in [7, 11) is 0. The SMILES string of the molecule is CSOc1c(C#N)nn(-c2c(Cl)cc(C(F)(F)F)cc2Cl)c1NC(=O)NCCC(=O)OC(C)(C)C. The molecule has 2 aromatic rings. The van der Waals surface area contributed by atoms with Gasteiger partial charge in [-0.15, -0.1) is 0 Å². The maximum absolute atomic E-state index is 13.1. The van der Waals surface area contributed by atoms with E-state index in [2.05, 4.69) is 15.7 Å². The number of alkyl halides is 3. The predicted octanol–water partition coefficient (Wildman–Crippen LogP) is 5.58. The Morgan fingerprint density at radius 1 is 1.23 bits per heavy atom. The Morgan fingerprint density at radius 2 is 1.83 bits per heavy atom. The number of rotatable bonds is 7. The summed E-state index contributed by atoms with van der Waals surface area (Å²) in [5, 5.41) is 17.4. The van der Waals surface area contributed by atoms with Crippen molar-refractivity contribution in [2.45, 2.75) is 39.0 Å². The molecular formula is C20H20Cl2F3N5O4S. The van der Waals surface area contributed by atoms with Crippen LogP contribution in [0.15, 0.2) is 12.1 Å². The molecular weight excluding hydrogens is 534 g/mol. The monoisotopic (exact) mass is 553 g/mol. The molecule has 0 fully saturated rings. The Labute approximate surface area is 213 Å². The summed E-state index contributed by atoms with van der Waals surface area (Å²) in [5.74, 6) is -0.951. The lowest BCUT2D eigenvalue weighted by molar-refractivity contribution is -0.154. The summed E-state index contributed by atoms with van der Waals surface area (Å²) in [6.07, 6.45) is -3.31. The number of carbonyl (C=O) groups excluding carboxylic acids is 2. The molecule has 1 aromatic heterocycles. The van der Waals surface area contributed by atoms with Crippen LogP contribution in [0.5, 0.6) is 5.75 Å². The van der Waals surface area contributed by atoms with Crippen molar-refractivity contribution in [3.8, 4) is 17.5 Å². The average molecular weight is 554 g/mol. The molecule has 35 heavy (non-hydrogen) atoms. The van der Waals surface area contributed by atoms with Crippen LogP contribution in [0.4, 0.5) is 23.8 Å². The van der Waals surface area contributed by atoms with Gasteiger partial charge in [-0.2, -0.15) is 23.5 Å². The van der Waals surface area contributed by atoms with Gasteiger partial charge in [-0.25, -0.2) is 9.48 Å². The van der Waals surface area contributed by atoms with E-state index in [0.29, 0.717) is 12.1 Å². The van der Waals surface area contributed by atoms with Crippen LogP contribution in [0.1, 0.15) is 38.4 Å². The third-order valence-corrected chi connectivity index (χ3v) is 4.85. The van der Waals surface area contributed by atoms with Crippen molar-refractivity contribution in [3.05, 3.63) is 33.4 Å². The highest BCUT2D eigenvalue weighted by molar-refractivity contribution is 7.94. The predicted molar refractivity (Wildman–Crippen MR) is 125 cm³/mol. The maximum Gasteiger partial charge on any atom is 0.416 e. The molecule has 1 heterocycles. The number of aromatic nitrogens is 2. The van der Waals surface area contributed by atoms with Gasteiger partial charge in [0.25, 0.3) is 0 Å². The fraction of sp³-hybridized carbons (Fsp3) is 0.400. The van der Waals surface area contributed by atoms with Gasteiger partial charge in [0.1, 0.15) is 17.4 Å². The van der Waals surface area contributed by atoms with Crippen LogP contribution in [0, 0.1) is 11.3 Å². The molecule has 2 N–H and O–H groups in total. The second-order valence-corrected chi connectivity index (χ2v) is 9.12. The second-order valence-electron chi connectivity index (χ2n) is 7.80. The topological polar surface area (TPSA) is 118 Å². The highest BCUT2D eigenvalue weighted by Gasteiger charge is 2.33. The number of halogens is 5. The van der Waals surface area contributed by atoms with Crippen molar-refractivity contribution in [1.82, 2.24) is 15.1 Å². The van der Waals surface area contributed by atoms with E-state index in [0.717, 1.165) is 16.7 Å². The molecule has 0 aliphatic rings. The number of amides is 2. The molecule has 0 aliphatic heterocycles. The molecule has 190 valence electrons. The first-order valence-electron chi connectivity index (χ1n) is 9.75.